The Balaban J connectivity index is 1.33. The van der Waals surface area contributed by atoms with E-state index >= 15 is 0 Å². The van der Waals surface area contributed by atoms with Crippen LogP contribution in [0.25, 0.3) is 5.69 Å². The van der Waals surface area contributed by atoms with Gasteiger partial charge in [-0.3, -0.25) is 14.2 Å². The average Bonchev–Trinajstić information content (AvgIpc) is 3.52. The largest absolute Gasteiger partial charge is 0.497 e. The summed E-state index contributed by atoms with van der Waals surface area (Å²) in [7, 11) is 0.930. The first-order valence-electron chi connectivity index (χ1n) is 14.4. The van der Waals surface area contributed by atoms with Gasteiger partial charge in [0.05, 0.1) is 57.4 Å². The number of sulfonamides is 1. The predicted octanol–water partition coefficient (Wildman–Crippen LogP) is 2.97. The third kappa shape index (κ3) is 8.02. The fourth-order valence-electron chi connectivity index (χ4n) is 4.70. The van der Waals surface area contributed by atoms with Crippen LogP contribution in [0.1, 0.15) is 16.2 Å². The number of amides is 2. The van der Waals surface area contributed by atoms with Crippen LogP contribution < -0.4 is 24.8 Å². The van der Waals surface area contributed by atoms with Crippen LogP contribution in [0.15, 0.2) is 76.8 Å². The zero-order chi connectivity index (χ0) is 33.4. The number of aromatic nitrogens is 3. The minimum atomic E-state index is -3.70. The van der Waals surface area contributed by atoms with Crippen molar-refractivity contribution in [2.45, 2.75) is 16.6 Å². The van der Waals surface area contributed by atoms with E-state index < -0.39 is 15.9 Å². The summed E-state index contributed by atoms with van der Waals surface area (Å²) in [6, 6.07) is 17.9. The van der Waals surface area contributed by atoms with Crippen molar-refractivity contribution in [3.63, 3.8) is 0 Å². The van der Waals surface area contributed by atoms with Crippen LogP contribution in [0.3, 0.4) is 0 Å². The molecule has 1 aliphatic rings. The lowest BCUT2D eigenvalue weighted by Gasteiger charge is -2.26. The lowest BCUT2D eigenvalue weighted by Crippen LogP contribution is -2.40. The van der Waals surface area contributed by atoms with Crippen LogP contribution in [0.5, 0.6) is 17.2 Å². The minimum absolute atomic E-state index is 0.0164. The summed E-state index contributed by atoms with van der Waals surface area (Å²) in [5, 5.41) is 14.7. The summed E-state index contributed by atoms with van der Waals surface area (Å²) in [5.74, 6) is 1.37. The number of nitrogens with one attached hydrogen (secondary N) is 2. The number of anilines is 1. The molecule has 2 amide bonds. The molecule has 0 atom stereocenters. The van der Waals surface area contributed by atoms with Gasteiger partial charge in [0.15, 0.2) is 11.0 Å². The summed E-state index contributed by atoms with van der Waals surface area (Å²) in [6.45, 7) is 1.18. The second-order valence-corrected chi connectivity index (χ2v) is 12.9. The number of hydrogen-bond donors (Lipinski definition) is 2. The Morgan fingerprint density at radius 3 is 2.23 bits per heavy atom. The molecule has 0 spiro atoms. The molecule has 248 valence electrons. The molecule has 1 aliphatic heterocycles. The van der Waals surface area contributed by atoms with Gasteiger partial charge in [0.25, 0.3) is 5.91 Å². The summed E-state index contributed by atoms with van der Waals surface area (Å²) >= 11 is 1.15. The van der Waals surface area contributed by atoms with E-state index in [0.717, 1.165) is 11.8 Å². The number of hydrogen-bond acceptors (Lipinski definition) is 11. The standard InChI is InChI=1S/C31H34N6O8S2/c1-42-23-8-6-22(7-9-23)33-29(38)20-46-31-35-34-28(37(31)26-18-24(43-2)10-13-27(26)44-3)19-32-30(39)21-4-11-25(12-5-21)47(40,41)36-14-16-45-17-15-36/h4-13,18H,14-17,19-20H2,1-3H3,(H,32,39)(H,33,38). The molecule has 3 aromatic carbocycles. The number of carbonyl (C=O) groups excluding carboxylic acids is 2. The number of nitrogens with zero attached hydrogens (tertiary/aromatic N) is 4. The maximum atomic E-state index is 13.1. The smallest absolute Gasteiger partial charge is 0.251 e. The van der Waals surface area contributed by atoms with Crippen molar-refractivity contribution in [2.24, 2.45) is 0 Å². The van der Waals surface area contributed by atoms with Gasteiger partial charge in [-0.05, 0) is 60.7 Å². The van der Waals surface area contributed by atoms with Gasteiger partial charge in [-0.2, -0.15) is 4.31 Å². The highest BCUT2D eigenvalue weighted by atomic mass is 32.2. The van der Waals surface area contributed by atoms with Gasteiger partial charge in [0.1, 0.15) is 17.2 Å². The Labute approximate surface area is 276 Å². The predicted molar refractivity (Wildman–Crippen MR) is 174 cm³/mol. The molecule has 0 saturated carbocycles. The minimum Gasteiger partial charge on any atom is -0.497 e. The molecule has 2 heterocycles. The molecule has 5 rings (SSSR count). The molecule has 16 heteroatoms. The summed E-state index contributed by atoms with van der Waals surface area (Å²) < 4.78 is 50.4. The zero-order valence-corrected chi connectivity index (χ0v) is 27.6. The van der Waals surface area contributed by atoms with Crippen LogP contribution in [0, 0.1) is 0 Å². The van der Waals surface area contributed by atoms with Gasteiger partial charge in [-0.1, -0.05) is 11.8 Å². The summed E-state index contributed by atoms with van der Waals surface area (Å²) in [6.07, 6.45) is 0. The Bertz CT molecular complexity index is 1810. The number of benzene rings is 3. The van der Waals surface area contributed by atoms with Crippen LogP contribution >= 0.6 is 11.8 Å². The second-order valence-electron chi connectivity index (χ2n) is 10.1. The molecule has 1 saturated heterocycles. The SMILES string of the molecule is COc1ccc(NC(=O)CSc2nnc(CNC(=O)c3ccc(S(=O)(=O)N4CCOCC4)cc3)n2-c2cc(OC)ccc2OC)cc1. The van der Waals surface area contributed by atoms with E-state index in [1.54, 1.807) is 54.1 Å². The summed E-state index contributed by atoms with van der Waals surface area (Å²) in [5.41, 5.74) is 1.42. The number of carbonyl (C=O) groups is 2. The van der Waals surface area contributed by atoms with E-state index in [1.807, 2.05) is 0 Å². The van der Waals surface area contributed by atoms with Crippen LogP contribution in [0.2, 0.25) is 0 Å². The third-order valence-electron chi connectivity index (χ3n) is 7.16. The molecule has 0 bridgehead atoms. The molecule has 1 fully saturated rings. The maximum Gasteiger partial charge on any atom is 0.251 e. The Kier molecular flexibility index (Phi) is 11.0. The van der Waals surface area contributed by atoms with E-state index in [0.29, 0.717) is 52.8 Å². The fourth-order valence-corrected chi connectivity index (χ4v) is 6.87. The van der Waals surface area contributed by atoms with Crippen LogP contribution in [0.4, 0.5) is 5.69 Å². The molecule has 47 heavy (non-hydrogen) atoms. The van der Waals surface area contributed by atoms with Crippen LogP contribution in [-0.2, 0) is 26.1 Å². The summed E-state index contributed by atoms with van der Waals surface area (Å²) in [4.78, 5) is 26.0. The Morgan fingerprint density at radius 2 is 1.57 bits per heavy atom. The van der Waals surface area contributed by atoms with Gasteiger partial charge in [0.2, 0.25) is 15.9 Å². The van der Waals surface area contributed by atoms with Crippen molar-refractivity contribution >= 4 is 39.3 Å². The maximum absolute atomic E-state index is 13.1. The van der Waals surface area contributed by atoms with Gasteiger partial charge >= 0.3 is 0 Å². The monoisotopic (exact) mass is 682 g/mol. The molecule has 14 nitrogen and oxygen atoms in total. The van der Waals surface area contributed by atoms with E-state index in [1.165, 1.54) is 42.8 Å². The Morgan fingerprint density at radius 1 is 0.894 bits per heavy atom. The zero-order valence-electron chi connectivity index (χ0n) is 26.0. The van der Waals surface area contributed by atoms with Gasteiger partial charge in [0, 0.05) is 30.4 Å². The first kappa shape index (κ1) is 33.7. The highest BCUT2D eigenvalue weighted by Crippen LogP contribution is 2.32. The van der Waals surface area contributed by atoms with Gasteiger partial charge < -0.3 is 29.6 Å². The molecule has 0 radical (unpaired) electrons. The molecule has 0 unspecified atom stereocenters. The first-order chi connectivity index (χ1) is 22.7. The number of morpholine rings is 1. The molecule has 4 aromatic rings. The second kappa shape index (κ2) is 15.3. The first-order valence-corrected chi connectivity index (χ1v) is 16.9. The highest BCUT2D eigenvalue weighted by molar-refractivity contribution is 7.99. The fraction of sp³-hybridized carbons (Fsp3) is 0.290. The number of methoxy groups -OCH3 is 3. The molecule has 1 aromatic heterocycles. The van der Waals surface area contributed by atoms with Crippen molar-refractivity contribution in [3.8, 4) is 22.9 Å². The van der Waals surface area contributed by atoms with Gasteiger partial charge in [-0.15, -0.1) is 10.2 Å². The Hall–Kier alpha value is -4.64. The van der Waals surface area contributed by atoms with Crippen molar-refractivity contribution in [2.75, 3.05) is 58.7 Å². The average molecular weight is 683 g/mol. The van der Waals surface area contributed by atoms with Gasteiger partial charge in [-0.25, -0.2) is 8.42 Å². The van der Waals surface area contributed by atoms with Crippen molar-refractivity contribution < 1.29 is 37.0 Å². The highest BCUT2D eigenvalue weighted by Gasteiger charge is 2.26. The number of rotatable bonds is 13. The normalized spacial score (nSPS) is 13.5. The molecular weight excluding hydrogens is 649 g/mol. The van der Waals surface area contributed by atoms with E-state index in [2.05, 4.69) is 20.8 Å². The van der Waals surface area contributed by atoms with Crippen molar-refractivity contribution in [1.82, 2.24) is 24.4 Å². The molecule has 2 N–H and O–H groups in total. The lowest BCUT2D eigenvalue weighted by molar-refractivity contribution is -0.113. The van der Waals surface area contributed by atoms with Crippen molar-refractivity contribution in [1.29, 1.82) is 0 Å². The van der Waals surface area contributed by atoms with E-state index in [4.69, 9.17) is 18.9 Å². The lowest BCUT2D eigenvalue weighted by atomic mass is 10.2. The quantitative estimate of drug-likeness (QED) is 0.199. The van der Waals surface area contributed by atoms with E-state index in [-0.39, 0.29) is 41.8 Å². The molecule has 0 aliphatic carbocycles. The third-order valence-corrected chi connectivity index (χ3v) is 10.0. The molecular formula is C31H34N6O8S2. The topological polar surface area (TPSA) is 163 Å². The van der Waals surface area contributed by atoms with Crippen LogP contribution in [-0.4, -0.2) is 92.7 Å². The number of thioether (sulfide) groups is 1. The van der Waals surface area contributed by atoms with E-state index in [9.17, 15) is 18.0 Å². The van der Waals surface area contributed by atoms with Crippen molar-refractivity contribution in [3.05, 3.63) is 78.1 Å². The number of ether oxygens (including phenoxy) is 4.